The first-order chi connectivity index (χ1) is 19.2. The second-order valence-electron chi connectivity index (χ2n) is 9.49. The number of aliphatic imine (C=N–C) groups is 1. The average molecular weight is 578 g/mol. The molecule has 204 valence electrons. The van der Waals surface area contributed by atoms with Crippen LogP contribution in [0.5, 0.6) is 0 Å². The monoisotopic (exact) mass is 577 g/mol. The number of pyridine rings is 1. The number of hydrogen-bond acceptors (Lipinski definition) is 5. The Morgan fingerprint density at radius 1 is 1.05 bits per heavy atom. The molecular formula is C30H25ClFN3O4S. The molecule has 0 aliphatic carbocycles. The van der Waals surface area contributed by atoms with Gasteiger partial charge in [-0.25, -0.2) is 12.8 Å². The summed E-state index contributed by atoms with van der Waals surface area (Å²) in [5.74, 6) is -1.60. The van der Waals surface area contributed by atoms with Gasteiger partial charge in [-0.1, -0.05) is 54.1 Å². The Labute approximate surface area is 235 Å². The van der Waals surface area contributed by atoms with Gasteiger partial charge in [0.15, 0.2) is 4.87 Å². The smallest absolute Gasteiger partial charge is 0.257 e. The summed E-state index contributed by atoms with van der Waals surface area (Å²) in [6, 6.07) is 18.3. The molecule has 10 heteroatoms. The molecule has 1 amide bonds. The van der Waals surface area contributed by atoms with Crippen LogP contribution >= 0.6 is 11.6 Å². The average Bonchev–Trinajstić information content (AvgIpc) is 3.44. The van der Waals surface area contributed by atoms with Gasteiger partial charge in [-0.15, -0.1) is 0 Å². The van der Waals surface area contributed by atoms with Gasteiger partial charge in [0, 0.05) is 24.0 Å². The van der Waals surface area contributed by atoms with E-state index in [9.17, 15) is 22.4 Å². The third kappa shape index (κ3) is 5.35. The van der Waals surface area contributed by atoms with Crippen molar-refractivity contribution >= 4 is 44.5 Å². The van der Waals surface area contributed by atoms with Gasteiger partial charge in [-0.05, 0) is 66.8 Å². The van der Waals surface area contributed by atoms with E-state index in [4.69, 9.17) is 11.6 Å². The van der Waals surface area contributed by atoms with E-state index >= 15 is 0 Å². The molecule has 1 aliphatic rings. The summed E-state index contributed by atoms with van der Waals surface area (Å²) >= 11 is 5.89. The number of benzene rings is 3. The van der Waals surface area contributed by atoms with E-state index in [1.165, 1.54) is 12.3 Å². The predicted molar refractivity (Wildman–Crippen MR) is 154 cm³/mol. The molecule has 0 saturated heterocycles. The van der Waals surface area contributed by atoms with Gasteiger partial charge >= 0.3 is 0 Å². The Morgan fingerprint density at radius 3 is 2.50 bits per heavy atom. The van der Waals surface area contributed by atoms with E-state index in [1.807, 2.05) is 30.3 Å². The Kier molecular flexibility index (Phi) is 7.69. The molecule has 3 aromatic carbocycles. The van der Waals surface area contributed by atoms with Gasteiger partial charge in [0.2, 0.25) is 15.3 Å². The Bertz CT molecular complexity index is 1790. The number of nitrogens with one attached hydrogen (secondary N) is 2. The lowest BCUT2D eigenvalue weighted by Gasteiger charge is -2.25. The van der Waals surface area contributed by atoms with Crippen molar-refractivity contribution in [2.24, 2.45) is 4.99 Å². The van der Waals surface area contributed by atoms with E-state index in [1.54, 1.807) is 30.3 Å². The Balaban J connectivity index is 1.46. The number of carbonyl (C=O) groups is 1. The van der Waals surface area contributed by atoms with Crippen LogP contribution in [0.4, 0.5) is 4.39 Å². The lowest BCUT2D eigenvalue weighted by atomic mass is 10.0. The minimum atomic E-state index is -4.31. The number of aromatic amines is 1. The first-order valence-corrected chi connectivity index (χ1v) is 14.5. The second kappa shape index (κ2) is 11.2. The quantitative estimate of drug-likeness (QED) is 0.278. The predicted octanol–water partition coefficient (Wildman–Crippen LogP) is 5.38. The SMILES string of the molecule is O=C(NCc1ccc(Cl)cc1)c1c[nH]c2c(S(=O)(=O)C3(CCCc4ccccc4)C=CC=N3)cc(F)cc2c1=O. The van der Waals surface area contributed by atoms with Crippen LogP contribution in [0.2, 0.25) is 5.02 Å². The van der Waals surface area contributed by atoms with E-state index in [-0.39, 0.29) is 29.4 Å². The number of sulfone groups is 1. The minimum absolute atomic E-state index is 0.0846. The maximum absolute atomic E-state index is 14.8. The number of halogens is 2. The summed E-state index contributed by atoms with van der Waals surface area (Å²) in [7, 11) is -4.31. The van der Waals surface area contributed by atoms with Crippen LogP contribution in [0.1, 0.15) is 34.3 Å². The fourth-order valence-electron chi connectivity index (χ4n) is 4.75. The third-order valence-electron chi connectivity index (χ3n) is 6.86. The van der Waals surface area contributed by atoms with Gasteiger partial charge in [0.05, 0.1) is 15.8 Å². The molecule has 7 nitrogen and oxygen atoms in total. The normalized spacial score (nSPS) is 16.4. The van der Waals surface area contributed by atoms with Crippen molar-refractivity contribution in [3.05, 3.63) is 123 Å². The fourth-order valence-corrected chi connectivity index (χ4v) is 6.84. The van der Waals surface area contributed by atoms with Gasteiger partial charge in [0.1, 0.15) is 11.4 Å². The van der Waals surface area contributed by atoms with Crippen LogP contribution in [0.3, 0.4) is 0 Å². The number of nitrogens with zero attached hydrogens (tertiary/aromatic N) is 1. The molecule has 5 rings (SSSR count). The van der Waals surface area contributed by atoms with Crippen molar-refractivity contribution < 1.29 is 17.6 Å². The minimum Gasteiger partial charge on any atom is -0.359 e. The molecule has 2 N–H and O–H groups in total. The summed E-state index contributed by atoms with van der Waals surface area (Å²) in [4.78, 5) is 31.1. The van der Waals surface area contributed by atoms with Crippen molar-refractivity contribution in [2.45, 2.75) is 35.6 Å². The van der Waals surface area contributed by atoms with Crippen LogP contribution in [-0.4, -0.2) is 30.4 Å². The Morgan fingerprint density at radius 2 is 1.80 bits per heavy atom. The summed E-state index contributed by atoms with van der Waals surface area (Å²) < 4.78 is 42.9. The maximum atomic E-state index is 14.8. The molecule has 0 bridgehead atoms. The zero-order valence-corrected chi connectivity index (χ0v) is 22.8. The summed E-state index contributed by atoms with van der Waals surface area (Å²) in [6.45, 7) is 0.131. The molecule has 4 aromatic rings. The number of carbonyl (C=O) groups excluding carboxylic acids is 1. The van der Waals surface area contributed by atoms with Crippen molar-refractivity contribution in [1.82, 2.24) is 10.3 Å². The number of amides is 1. The molecule has 0 radical (unpaired) electrons. The van der Waals surface area contributed by atoms with Crippen LogP contribution in [0, 0.1) is 5.82 Å². The lowest BCUT2D eigenvalue weighted by molar-refractivity contribution is 0.0949. The second-order valence-corrected chi connectivity index (χ2v) is 12.1. The van der Waals surface area contributed by atoms with Crippen molar-refractivity contribution in [3.8, 4) is 0 Å². The summed E-state index contributed by atoms with van der Waals surface area (Å²) in [6.07, 6.45) is 6.89. The largest absolute Gasteiger partial charge is 0.359 e. The number of rotatable bonds is 9. The van der Waals surface area contributed by atoms with Crippen molar-refractivity contribution in [3.63, 3.8) is 0 Å². The number of fused-ring (bicyclic) bond motifs is 1. The Hall–Kier alpha value is -4.08. The third-order valence-corrected chi connectivity index (χ3v) is 9.39. The number of aromatic nitrogens is 1. The molecule has 0 spiro atoms. The summed E-state index contributed by atoms with van der Waals surface area (Å²) in [5.41, 5.74) is 0.674. The first kappa shape index (κ1) is 27.5. The van der Waals surface area contributed by atoms with Crippen molar-refractivity contribution in [2.75, 3.05) is 0 Å². The van der Waals surface area contributed by atoms with Crippen LogP contribution < -0.4 is 10.7 Å². The molecular weight excluding hydrogens is 553 g/mol. The van der Waals surface area contributed by atoms with E-state index in [2.05, 4.69) is 15.3 Å². The van der Waals surface area contributed by atoms with E-state index in [0.29, 0.717) is 17.9 Å². The molecule has 1 atom stereocenters. The zero-order valence-electron chi connectivity index (χ0n) is 21.2. The maximum Gasteiger partial charge on any atom is 0.257 e. The first-order valence-electron chi connectivity index (χ1n) is 12.6. The molecule has 0 fully saturated rings. The van der Waals surface area contributed by atoms with Crippen LogP contribution in [0.15, 0.2) is 99.8 Å². The standard InChI is InChI=1S/C30H25ClFN3O4S/c31-22-11-9-21(10-12-22)18-34-29(37)25-19-33-27-24(28(25)36)16-23(32)17-26(27)40(38,39)30(14-5-15-35-30)13-4-8-20-6-2-1-3-7-20/h1-3,5-7,9-12,14-17,19H,4,8,13,18H2,(H,33,36)(H,34,37). The highest BCUT2D eigenvalue weighted by atomic mass is 35.5. The number of hydrogen-bond donors (Lipinski definition) is 2. The highest BCUT2D eigenvalue weighted by molar-refractivity contribution is 7.93. The molecule has 1 aromatic heterocycles. The van der Waals surface area contributed by atoms with Gasteiger partial charge in [-0.2, -0.15) is 0 Å². The summed E-state index contributed by atoms with van der Waals surface area (Å²) in [5, 5.41) is 2.94. The molecule has 2 heterocycles. The van der Waals surface area contributed by atoms with Gasteiger partial charge in [0.25, 0.3) is 5.91 Å². The lowest BCUT2D eigenvalue weighted by Crippen LogP contribution is -2.34. The molecule has 1 unspecified atom stereocenters. The van der Waals surface area contributed by atoms with Gasteiger partial charge < -0.3 is 10.3 Å². The van der Waals surface area contributed by atoms with Crippen molar-refractivity contribution in [1.29, 1.82) is 0 Å². The number of allylic oxidation sites excluding steroid dienone is 1. The highest BCUT2D eigenvalue weighted by Gasteiger charge is 2.44. The van der Waals surface area contributed by atoms with E-state index in [0.717, 1.165) is 29.5 Å². The molecule has 40 heavy (non-hydrogen) atoms. The van der Waals surface area contributed by atoms with E-state index < -0.39 is 36.8 Å². The molecule has 0 saturated carbocycles. The number of aryl methyl sites for hydroxylation is 1. The zero-order chi connectivity index (χ0) is 28.3. The molecule has 1 aliphatic heterocycles. The highest BCUT2D eigenvalue weighted by Crippen LogP contribution is 2.38. The fraction of sp³-hybridized carbons (Fsp3) is 0.167. The van der Waals surface area contributed by atoms with Gasteiger partial charge in [-0.3, -0.25) is 14.6 Å². The topological polar surface area (TPSA) is 108 Å². The van der Waals surface area contributed by atoms with Crippen LogP contribution in [-0.2, 0) is 22.8 Å². The van der Waals surface area contributed by atoms with Crippen LogP contribution in [0.25, 0.3) is 10.9 Å². The number of H-pyrrole nitrogens is 1.